The molecule has 2 aromatic rings. The van der Waals surface area contributed by atoms with Gasteiger partial charge in [-0.05, 0) is 49.4 Å². The van der Waals surface area contributed by atoms with Gasteiger partial charge in [0.25, 0.3) is 0 Å². The van der Waals surface area contributed by atoms with E-state index in [1.165, 1.54) is 21.6 Å². The fourth-order valence-electron chi connectivity index (χ4n) is 2.96. The second kappa shape index (κ2) is 7.91. The van der Waals surface area contributed by atoms with Crippen molar-refractivity contribution in [2.75, 3.05) is 26.4 Å². The molecule has 1 aliphatic rings. The molecule has 0 saturated heterocycles. The summed E-state index contributed by atoms with van der Waals surface area (Å²) in [5.74, 6) is 1.44. The Bertz CT molecular complexity index is 712. The maximum absolute atomic E-state index is 10.4. The predicted molar refractivity (Wildman–Crippen MR) is 102 cm³/mol. The van der Waals surface area contributed by atoms with Gasteiger partial charge in [0.2, 0.25) is 0 Å². The molecule has 1 N–H and O–H groups in total. The van der Waals surface area contributed by atoms with Crippen LogP contribution >= 0.6 is 24.2 Å². The summed E-state index contributed by atoms with van der Waals surface area (Å²) in [6, 6.07) is 16.2. The second-order valence-electron chi connectivity index (χ2n) is 5.83. The number of nitrogens with zero attached hydrogens (tertiary/aromatic N) is 1. The van der Waals surface area contributed by atoms with E-state index in [0.717, 1.165) is 24.3 Å². The van der Waals surface area contributed by atoms with Crippen LogP contribution in [0, 0.1) is 0 Å². The Morgan fingerprint density at radius 2 is 1.65 bits per heavy atom. The van der Waals surface area contributed by atoms with Crippen molar-refractivity contribution in [2.24, 2.45) is 0 Å². The minimum atomic E-state index is 0. The topological polar surface area (TPSA) is 23.5 Å². The maximum Gasteiger partial charge on any atom is 0.123 e. The fraction of sp³-hybridized carbons (Fsp3) is 0.263. The molecule has 0 spiro atoms. The van der Waals surface area contributed by atoms with E-state index in [2.05, 4.69) is 43.3 Å². The molecule has 3 rings (SSSR count). The number of aromatic hydroxyl groups is 1. The van der Waals surface area contributed by atoms with Gasteiger partial charge in [-0.1, -0.05) is 36.4 Å². The van der Waals surface area contributed by atoms with Crippen molar-refractivity contribution in [2.45, 2.75) is 11.3 Å². The van der Waals surface area contributed by atoms with Gasteiger partial charge in [0, 0.05) is 22.8 Å². The summed E-state index contributed by atoms with van der Waals surface area (Å²) in [6.07, 6.45) is 1.04. The molecule has 23 heavy (non-hydrogen) atoms. The van der Waals surface area contributed by atoms with Crippen molar-refractivity contribution in [3.63, 3.8) is 0 Å². The molecule has 2 nitrogen and oxygen atoms in total. The summed E-state index contributed by atoms with van der Waals surface area (Å²) in [5.41, 5.74) is 4.77. The van der Waals surface area contributed by atoms with Crippen LogP contribution in [0.2, 0.25) is 0 Å². The van der Waals surface area contributed by atoms with Gasteiger partial charge in [-0.25, -0.2) is 0 Å². The third-order valence-electron chi connectivity index (χ3n) is 3.85. The Balaban J connectivity index is 0.00000192. The quantitative estimate of drug-likeness (QED) is 0.872. The summed E-state index contributed by atoms with van der Waals surface area (Å²) in [7, 11) is 4.19. The van der Waals surface area contributed by atoms with Crippen molar-refractivity contribution in [1.82, 2.24) is 4.90 Å². The van der Waals surface area contributed by atoms with Crippen LogP contribution in [0.15, 0.2) is 59.0 Å². The normalized spacial score (nSPS) is 14.2. The SMILES string of the molecule is CN(C)CC1=C(c2ccccc2O)c2ccccc2SCC1.Cl. The van der Waals surface area contributed by atoms with Gasteiger partial charge in [-0.3, -0.25) is 0 Å². The number of likely N-dealkylation sites (N-methyl/N-ethyl adjacent to an activating group) is 1. The van der Waals surface area contributed by atoms with E-state index in [9.17, 15) is 5.11 Å². The van der Waals surface area contributed by atoms with E-state index in [1.807, 2.05) is 30.0 Å². The van der Waals surface area contributed by atoms with E-state index in [4.69, 9.17) is 0 Å². The average molecular weight is 348 g/mol. The van der Waals surface area contributed by atoms with E-state index < -0.39 is 0 Å². The van der Waals surface area contributed by atoms with E-state index in [0.29, 0.717) is 5.75 Å². The first-order chi connectivity index (χ1) is 10.7. The molecule has 0 aromatic heterocycles. The van der Waals surface area contributed by atoms with Gasteiger partial charge in [-0.2, -0.15) is 0 Å². The number of phenolic OH excluding ortho intramolecular Hbond substituents is 1. The van der Waals surface area contributed by atoms with E-state index in [1.54, 1.807) is 6.07 Å². The molecule has 0 aliphatic carbocycles. The Morgan fingerprint density at radius 3 is 2.35 bits per heavy atom. The van der Waals surface area contributed by atoms with Gasteiger partial charge < -0.3 is 10.0 Å². The highest BCUT2D eigenvalue weighted by Gasteiger charge is 2.21. The zero-order valence-electron chi connectivity index (χ0n) is 13.5. The number of halogens is 1. The van der Waals surface area contributed by atoms with Crippen molar-refractivity contribution < 1.29 is 5.11 Å². The second-order valence-corrected chi connectivity index (χ2v) is 6.96. The van der Waals surface area contributed by atoms with Crippen LogP contribution in [0.1, 0.15) is 17.5 Å². The van der Waals surface area contributed by atoms with Crippen molar-refractivity contribution in [1.29, 1.82) is 0 Å². The minimum Gasteiger partial charge on any atom is -0.507 e. The summed E-state index contributed by atoms with van der Waals surface area (Å²) in [6.45, 7) is 0.915. The molecule has 122 valence electrons. The molecule has 1 aliphatic heterocycles. The Labute approximate surface area is 148 Å². The number of hydrogen-bond donors (Lipinski definition) is 1. The van der Waals surface area contributed by atoms with Crippen LogP contribution in [0.4, 0.5) is 0 Å². The van der Waals surface area contributed by atoms with Crippen molar-refractivity contribution >= 4 is 29.7 Å². The number of benzene rings is 2. The van der Waals surface area contributed by atoms with Crippen molar-refractivity contribution in [3.8, 4) is 5.75 Å². The van der Waals surface area contributed by atoms with Gasteiger partial charge in [0.1, 0.15) is 5.75 Å². The Hall–Kier alpha value is -1.42. The molecule has 0 fully saturated rings. The molecule has 0 bridgehead atoms. The third-order valence-corrected chi connectivity index (χ3v) is 4.93. The number of rotatable bonds is 3. The van der Waals surface area contributed by atoms with Crippen LogP contribution in [0.25, 0.3) is 5.57 Å². The highest BCUT2D eigenvalue weighted by molar-refractivity contribution is 7.99. The smallest absolute Gasteiger partial charge is 0.123 e. The number of fused-ring (bicyclic) bond motifs is 1. The molecule has 2 aromatic carbocycles. The highest BCUT2D eigenvalue weighted by Crippen LogP contribution is 2.41. The summed E-state index contributed by atoms with van der Waals surface area (Å²) in [4.78, 5) is 3.50. The molecule has 0 atom stereocenters. The average Bonchev–Trinajstić information content (AvgIpc) is 2.67. The Kier molecular flexibility index (Phi) is 6.17. The van der Waals surface area contributed by atoms with E-state index >= 15 is 0 Å². The number of phenols is 1. The highest BCUT2D eigenvalue weighted by atomic mass is 35.5. The molecular weight excluding hydrogens is 326 g/mol. The van der Waals surface area contributed by atoms with Crippen LogP contribution in [0.3, 0.4) is 0 Å². The van der Waals surface area contributed by atoms with Gasteiger partial charge in [-0.15, -0.1) is 24.2 Å². The van der Waals surface area contributed by atoms with Crippen molar-refractivity contribution in [3.05, 3.63) is 65.2 Å². The van der Waals surface area contributed by atoms with Crippen LogP contribution in [-0.2, 0) is 0 Å². The van der Waals surface area contributed by atoms with Gasteiger partial charge >= 0.3 is 0 Å². The largest absolute Gasteiger partial charge is 0.507 e. The zero-order valence-corrected chi connectivity index (χ0v) is 15.1. The number of para-hydroxylation sites is 1. The lowest BCUT2D eigenvalue weighted by Crippen LogP contribution is -2.16. The predicted octanol–water partition coefficient (Wildman–Crippen LogP) is 4.67. The van der Waals surface area contributed by atoms with Gasteiger partial charge in [0.15, 0.2) is 0 Å². The molecule has 0 unspecified atom stereocenters. The van der Waals surface area contributed by atoms with Gasteiger partial charge in [0.05, 0.1) is 0 Å². The molecule has 0 saturated carbocycles. The van der Waals surface area contributed by atoms with E-state index in [-0.39, 0.29) is 12.4 Å². The number of hydrogen-bond acceptors (Lipinski definition) is 3. The molecular formula is C19H22ClNOS. The zero-order chi connectivity index (χ0) is 15.5. The first-order valence-corrected chi connectivity index (χ1v) is 8.52. The standard InChI is InChI=1S/C19H21NOS.ClH/c1-20(2)13-14-11-12-22-18-10-6-4-8-16(18)19(14)15-7-3-5-9-17(15)21;/h3-10,21H,11-13H2,1-2H3;1H. The lowest BCUT2D eigenvalue weighted by Gasteiger charge is -2.19. The first kappa shape index (κ1) is 17.9. The Morgan fingerprint density at radius 1 is 1.00 bits per heavy atom. The lowest BCUT2D eigenvalue weighted by molar-refractivity contribution is 0.441. The van der Waals surface area contributed by atoms with Crippen LogP contribution < -0.4 is 0 Å². The van der Waals surface area contributed by atoms with Crippen LogP contribution in [-0.4, -0.2) is 36.4 Å². The molecule has 0 amide bonds. The summed E-state index contributed by atoms with van der Waals surface area (Å²) >= 11 is 1.90. The first-order valence-electron chi connectivity index (χ1n) is 7.54. The van der Waals surface area contributed by atoms with Crippen LogP contribution in [0.5, 0.6) is 5.75 Å². The molecule has 4 heteroatoms. The minimum absolute atomic E-state index is 0. The molecule has 0 radical (unpaired) electrons. The monoisotopic (exact) mass is 347 g/mol. The maximum atomic E-state index is 10.4. The summed E-state index contributed by atoms with van der Waals surface area (Å²) in [5, 5.41) is 10.4. The number of thioether (sulfide) groups is 1. The molecule has 1 heterocycles. The fourth-order valence-corrected chi connectivity index (χ4v) is 4.03. The third kappa shape index (κ3) is 3.92. The summed E-state index contributed by atoms with van der Waals surface area (Å²) < 4.78 is 0. The lowest BCUT2D eigenvalue weighted by atomic mass is 9.91.